The number of fused-ring (bicyclic) bond motifs is 3. The molecule has 0 saturated heterocycles. The van der Waals surface area contributed by atoms with Gasteiger partial charge in [0.1, 0.15) is 10.6 Å². The molecule has 3 aromatic rings. The fourth-order valence-electron chi connectivity index (χ4n) is 3.88. The van der Waals surface area contributed by atoms with Gasteiger partial charge in [-0.15, -0.1) is 11.3 Å². The van der Waals surface area contributed by atoms with Crippen molar-refractivity contribution in [1.29, 1.82) is 0 Å². The number of thiophene rings is 1. The van der Waals surface area contributed by atoms with Gasteiger partial charge in [0.05, 0.1) is 24.7 Å². The lowest BCUT2D eigenvalue weighted by molar-refractivity contribution is 0.0600. The second-order valence-electron chi connectivity index (χ2n) is 7.66. The molecule has 8 heteroatoms. The number of methoxy groups -OCH3 is 1. The van der Waals surface area contributed by atoms with Gasteiger partial charge in [0.15, 0.2) is 0 Å². The smallest absolute Gasteiger partial charge is 0.337 e. The van der Waals surface area contributed by atoms with Crippen molar-refractivity contribution in [2.45, 2.75) is 39.2 Å². The molecule has 1 unspecified atom stereocenters. The topological polar surface area (TPSA) is 90.4 Å². The third kappa shape index (κ3) is 3.92. The van der Waals surface area contributed by atoms with E-state index in [0.29, 0.717) is 40.5 Å². The van der Waals surface area contributed by atoms with E-state index in [1.165, 1.54) is 16.6 Å². The van der Waals surface area contributed by atoms with Crippen LogP contribution < -0.4 is 16.0 Å². The van der Waals surface area contributed by atoms with Gasteiger partial charge < -0.3 is 9.47 Å². The van der Waals surface area contributed by atoms with E-state index in [2.05, 4.69) is 16.6 Å². The summed E-state index contributed by atoms with van der Waals surface area (Å²) in [6.07, 6.45) is 3.44. The first-order valence-electron chi connectivity index (χ1n) is 10.1. The van der Waals surface area contributed by atoms with Crippen molar-refractivity contribution in [2.75, 3.05) is 13.7 Å². The number of hydrogen-bond donors (Lipinski definition) is 1. The van der Waals surface area contributed by atoms with Gasteiger partial charge in [-0.05, 0) is 61.4 Å². The van der Waals surface area contributed by atoms with Crippen molar-refractivity contribution in [3.63, 3.8) is 0 Å². The lowest BCUT2D eigenvalue weighted by Crippen LogP contribution is -2.35. The summed E-state index contributed by atoms with van der Waals surface area (Å²) in [6.45, 7) is 2.85. The maximum atomic E-state index is 13.0. The molecule has 2 heterocycles. The molecule has 0 radical (unpaired) electrons. The van der Waals surface area contributed by atoms with Gasteiger partial charge in [-0.1, -0.05) is 6.92 Å². The van der Waals surface area contributed by atoms with Crippen molar-refractivity contribution in [2.24, 2.45) is 5.92 Å². The Morgan fingerprint density at radius 1 is 1.27 bits per heavy atom. The molecule has 0 bridgehead atoms. The SMILES string of the molecule is COC(=O)c1ccc(OCCCn2c(=O)[nH]c3sc4c(c3c2=O)CCC(C)C4)cc1. The summed E-state index contributed by atoms with van der Waals surface area (Å²) in [5.74, 6) is 0.819. The number of H-pyrrole nitrogens is 1. The van der Waals surface area contributed by atoms with Gasteiger partial charge in [-0.2, -0.15) is 0 Å². The van der Waals surface area contributed by atoms with Crippen LogP contribution in [0.2, 0.25) is 0 Å². The first-order chi connectivity index (χ1) is 14.5. The lowest BCUT2D eigenvalue weighted by Gasteiger charge is -2.17. The largest absolute Gasteiger partial charge is 0.494 e. The first-order valence-corrected chi connectivity index (χ1v) is 10.9. The van der Waals surface area contributed by atoms with Crippen LogP contribution in [0.1, 0.15) is 40.6 Å². The molecule has 0 fully saturated rings. The Balaban J connectivity index is 1.45. The number of hydrogen-bond acceptors (Lipinski definition) is 6. The van der Waals surface area contributed by atoms with Gasteiger partial charge in [0.25, 0.3) is 5.56 Å². The maximum absolute atomic E-state index is 13.0. The minimum Gasteiger partial charge on any atom is -0.494 e. The Labute approximate surface area is 177 Å². The second-order valence-corrected chi connectivity index (χ2v) is 8.77. The van der Waals surface area contributed by atoms with Crippen LogP contribution in [0, 0.1) is 5.92 Å². The zero-order valence-electron chi connectivity index (χ0n) is 17.0. The molecule has 1 aromatic carbocycles. The fourth-order valence-corrected chi connectivity index (χ4v) is 5.27. The molecule has 30 heavy (non-hydrogen) atoms. The third-order valence-electron chi connectivity index (χ3n) is 5.51. The molecule has 2 aromatic heterocycles. The predicted molar refractivity (Wildman–Crippen MR) is 116 cm³/mol. The van der Waals surface area contributed by atoms with Crippen LogP contribution in [0.25, 0.3) is 10.2 Å². The number of aromatic amines is 1. The lowest BCUT2D eigenvalue weighted by atomic mass is 9.89. The minimum absolute atomic E-state index is 0.205. The predicted octanol–water partition coefficient (Wildman–Crippen LogP) is 3.13. The molecular weight excluding hydrogens is 404 g/mol. The van der Waals surface area contributed by atoms with Crippen LogP contribution in [-0.4, -0.2) is 29.2 Å². The molecular formula is C22H24N2O5S. The normalized spacial score (nSPS) is 15.7. The van der Waals surface area contributed by atoms with Gasteiger partial charge >= 0.3 is 11.7 Å². The molecule has 158 valence electrons. The van der Waals surface area contributed by atoms with Crippen molar-refractivity contribution in [1.82, 2.24) is 9.55 Å². The highest BCUT2D eigenvalue weighted by Gasteiger charge is 2.23. The van der Waals surface area contributed by atoms with Crippen molar-refractivity contribution in [3.8, 4) is 5.75 Å². The molecule has 0 spiro atoms. The minimum atomic E-state index is -0.402. The Morgan fingerprint density at radius 3 is 2.77 bits per heavy atom. The van der Waals surface area contributed by atoms with E-state index >= 15 is 0 Å². The van der Waals surface area contributed by atoms with Crippen LogP contribution >= 0.6 is 11.3 Å². The second kappa shape index (κ2) is 8.47. The quantitative estimate of drug-likeness (QED) is 0.481. The number of ether oxygens (including phenoxy) is 2. The van der Waals surface area contributed by atoms with Crippen LogP contribution in [0.3, 0.4) is 0 Å². The van der Waals surface area contributed by atoms with Crippen LogP contribution in [0.5, 0.6) is 5.75 Å². The summed E-state index contributed by atoms with van der Waals surface area (Å²) in [5.41, 5.74) is 0.986. The summed E-state index contributed by atoms with van der Waals surface area (Å²) in [7, 11) is 1.33. The standard InChI is InChI=1S/C22H24N2O5S/c1-13-4-9-16-17(12-13)30-19-18(16)20(25)24(22(27)23-19)10-3-11-29-15-7-5-14(6-8-15)21(26)28-2/h5-8,13H,3-4,9-12H2,1-2H3,(H,23,27). The molecule has 1 atom stereocenters. The summed E-state index contributed by atoms with van der Waals surface area (Å²) in [6, 6.07) is 6.64. The highest BCUT2D eigenvalue weighted by molar-refractivity contribution is 7.18. The third-order valence-corrected chi connectivity index (χ3v) is 6.68. The number of carbonyl (C=O) groups excluding carboxylic acids is 1. The summed E-state index contributed by atoms with van der Waals surface area (Å²) < 4.78 is 11.6. The van der Waals surface area contributed by atoms with Crippen LogP contribution in [0.4, 0.5) is 0 Å². The Bertz CT molecular complexity index is 1190. The van der Waals surface area contributed by atoms with E-state index in [9.17, 15) is 14.4 Å². The highest BCUT2D eigenvalue weighted by atomic mass is 32.1. The molecule has 4 rings (SSSR count). The zero-order chi connectivity index (χ0) is 21.3. The Hall–Kier alpha value is -2.87. The average molecular weight is 429 g/mol. The first kappa shape index (κ1) is 20.4. The average Bonchev–Trinajstić information content (AvgIpc) is 3.10. The number of aromatic nitrogens is 2. The van der Waals surface area contributed by atoms with E-state index in [0.717, 1.165) is 24.8 Å². The molecule has 0 aliphatic heterocycles. The van der Waals surface area contributed by atoms with E-state index in [4.69, 9.17) is 4.74 Å². The number of nitrogens with zero attached hydrogens (tertiary/aromatic N) is 1. The van der Waals surface area contributed by atoms with E-state index < -0.39 is 5.97 Å². The maximum Gasteiger partial charge on any atom is 0.337 e. The molecule has 0 saturated carbocycles. The number of carbonyl (C=O) groups is 1. The van der Waals surface area contributed by atoms with Crippen LogP contribution in [0.15, 0.2) is 33.9 Å². The van der Waals surface area contributed by atoms with E-state index in [1.807, 2.05) is 0 Å². The molecule has 1 aliphatic rings. The number of benzene rings is 1. The molecule has 1 N–H and O–H groups in total. The number of aryl methyl sites for hydroxylation is 1. The van der Waals surface area contributed by atoms with Crippen LogP contribution in [-0.2, 0) is 24.1 Å². The summed E-state index contributed by atoms with van der Waals surface area (Å²) in [4.78, 5) is 41.8. The monoisotopic (exact) mass is 428 g/mol. The van der Waals surface area contributed by atoms with Crippen molar-refractivity contribution >= 4 is 27.5 Å². The number of esters is 1. The number of rotatable bonds is 6. The zero-order valence-corrected chi connectivity index (χ0v) is 17.8. The van der Waals surface area contributed by atoms with Crippen molar-refractivity contribution in [3.05, 3.63) is 61.1 Å². The highest BCUT2D eigenvalue weighted by Crippen LogP contribution is 2.35. The van der Waals surface area contributed by atoms with Gasteiger partial charge in [0.2, 0.25) is 0 Å². The molecule has 0 amide bonds. The fraction of sp³-hybridized carbons (Fsp3) is 0.409. The molecule has 7 nitrogen and oxygen atoms in total. The number of nitrogens with one attached hydrogen (secondary N) is 1. The van der Waals surface area contributed by atoms with Gasteiger partial charge in [0, 0.05) is 11.4 Å². The summed E-state index contributed by atoms with van der Waals surface area (Å²) >= 11 is 1.54. The van der Waals surface area contributed by atoms with Crippen molar-refractivity contribution < 1.29 is 14.3 Å². The van der Waals surface area contributed by atoms with Gasteiger partial charge in [-0.25, -0.2) is 9.59 Å². The molecule has 1 aliphatic carbocycles. The summed E-state index contributed by atoms with van der Waals surface area (Å²) in [5, 5.41) is 0.681. The Morgan fingerprint density at radius 2 is 2.03 bits per heavy atom. The van der Waals surface area contributed by atoms with Gasteiger partial charge in [-0.3, -0.25) is 14.3 Å². The van der Waals surface area contributed by atoms with E-state index in [1.54, 1.807) is 35.6 Å². The Kier molecular flexibility index (Phi) is 5.76. The van der Waals surface area contributed by atoms with E-state index in [-0.39, 0.29) is 17.8 Å².